The lowest BCUT2D eigenvalue weighted by atomic mass is 9.73. The first-order valence-electron chi connectivity index (χ1n) is 5.86. The van der Waals surface area contributed by atoms with E-state index in [4.69, 9.17) is 0 Å². The standard InChI is InChI=1S/C16H11N/c1-2-7-14-11(4-1)8-12-5-3-6-13-9-17-10-15(14)16(12)13/h1-10,16H. The van der Waals surface area contributed by atoms with Gasteiger partial charge in [-0.3, -0.25) is 4.99 Å². The number of nitrogens with zero attached hydrogens (tertiary/aromatic N) is 1. The monoisotopic (exact) mass is 217 g/mol. The van der Waals surface area contributed by atoms with Crippen LogP contribution in [0.1, 0.15) is 11.1 Å². The van der Waals surface area contributed by atoms with Gasteiger partial charge in [0.15, 0.2) is 0 Å². The fourth-order valence-electron chi connectivity index (χ4n) is 2.83. The second-order valence-corrected chi connectivity index (χ2v) is 4.55. The molecule has 0 aromatic heterocycles. The maximum atomic E-state index is 4.36. The van der Waals surface area contributed by atoms with E-state index in [0.717, 1.165) is 0 Å². The predicted molar refractivity (Wildman–Crippen MR) is 71.6 cm³/mol. The van der Waals surface area contributed by atoms with Gasteiger partial charge in [-0.2, -0.15) is 0 Å². The zero-order valence-electron chi connectivity index (χ0n) is 9.30. The van der Waals surface area contributed by atoms with E-state index in [2.05, 4.69) is 53.6 Å². The third-order valence-electron chi connectivity index (χ3n) is 3.59. The highest BCUT2D eigenvalue weighted by atomic mass is 14.7. The van der Waals surface area contributed by atoms with Gasteiger partial charge in [-0.15, -0.1) is 0 Å². The van der Waals surface area contributed by atoms with Crippen molar-refractivity contribution in [2.75, 3.05) is 0 Å². The van der Waals surface area contributed by atoms with E-state index >= 15 is 0 Å². The van der Waals surface area contributed by atoms with Crippen LogP contribution in [0.25, 0.3) is 11.6 Å². The first-order chi connectivity index (χ1) is 8.43. The Bertz CT molecular complexity index is 654. The predicted octanol–water partition coefficient (Wildman–Crippen LogP) is 3.62. The summed E-state index contributed by atoms with van der Waals surface area (Å²) in [6.45, 7) is 0. The number of benzene rings is 1. The summed E-state index contributed by atoms with van der Waals surface area (Å²) in [5.41, 5.74) is 6.62. The van der Waals surface area contributed by atoms with E-state index in [1.54, 1.807) is 0 Å². The Balaban J connectivity index is 2.06. The van der Waals surface area contributed by atoms with Gasteiger partial charge >= 0.3 is 0 Å². The molecule has 1 aromatic carbocycles. The summed E-state index contributed by atoms with van der Waals surface area (Å²) >= 11 is 0. The lowest BCUT2D eigenvalue weighted by molar-refractivity contribution is 0.967. The zero-order valence-corrected chi connectivity index (χ0v) is 9.30. The van der Waals surface area contributed by atoms with E-state index in [-0.39, 0.29) is 0 Å². The van der Waals surface area contributed by atoms with E-state index in [0.29, 0.717) is 5.92 Å². The van der Waals surface area contributed by atoms with Gasteiger partial charge in [-0.1, -0.05) is 48.6 Å². The lowest BCUT2D eigenvalue weighted by Gasteiger charge is -2.31. The Kier molecular flexibility index (Phi) is 1.67. The summed E-state index contributed by atoms with van der Waals surface area (Å²) in [6.07, 6.45) is 12.7. The molecule has 0 amide bonds. The molecule has 0 bridgehead atoms. The van der Waals surface area contributed by atoms with Crippen LogP contribution < -0.4 is 0 Å². The van der Waals surface area contributed by atoms with Crippen molar-refractivity contribution in [3.05, 3.63) is 71.0 Å². The summed E-state index contributed by atoms with van der Waals surface area (Å²) in [5, 5.41) is 0. The summed E-state index contributed by atoms with van der Waals surface area (Å²) in [5.74, 6) is 0.396. The molecule has 80 valence electrons. The molecule has 4 rings (SSSR count). The molecule has 1 heterocycles. The molecule has 1 unspecified atom stereocenters. The van der Waals surface area contributed by atoms with Crippen LogP contribution in [0.15, 0.2) is 64.8 Å². The van der Waals surface area contributed by atoms with Gasteiger partial charge in [0, 0.05) is 18.3 Å². The Labute approximate surface area is 100 Å². The normalized spacial score (nSPS) is 23.3. The Morgan fingerprint density at radius 3 is 3.00 bits per heavy atom. The first-order valence-corrected chi connectivity index (χ1v) is 5.86. The molecule has 0 saturated heterocycles. The maximum absolute atomic E-state index is 4.36. The number of fused-ring (bicyclic) bond motifs is 2. The third-order valence-corrected chi connectivity index (χ3v) is 3.59. The van der Waals surface area contributed by atoms with Crippen molar-refractivity contribution < 1.29 is 0 Å². The smallest absolute Gasteiger partial charge is 0.0376 e. The highest BCUT2D eigenvalue weighted by molar-refractivity contribution is 5.97. The molecule has 1 atom stereocenters. The number of hydrogen-bond acceptors (Lipinski definition) is 1. The van der Waals surface area contributed by atoms with Gasteiger partial charge in [0.2, 0.25) is 0 Å². The van der Waals surface area contributed by atoms with Crippen molar-refractivity contribution in [3.63, 3.8) is 0 Å². The van der Waals surface area contributed by atoms with Gasteiger partial charge in [0.05, 0.1) is 0 Å². The van der Waals surface area contributed by atoms with Crippen LogP contribution in [-0.2, 0) is 0 Å². The van der Waals surface area contributed by atoms with E-state index in [1.165, 1.54) is 27.8 Å². The van der Waals surface area contributed by atoms with Crippen molar-refractivity contribution in [1.29, 1.82) is 0 Å². The number of aliphatic imine (C=N–C) groups is 1. The molecular weight excluding hydrogens is 206 g/mol. The number of rotatable bonds is 0. The average Bonchev–Trinajstić information content (AvgIpc) is 2.39. The van der Waals surface area contributed by atoms with Gasteiger partial charge < -0.3 is 0 Å². The van der Waals surface area contributed by atoms with Crippen LogP contribution in [-0.4, -0.2) is 6.21 Å². The van der Waals surface area contributed by atoms with Crippen molar-refractivity contribution in [2.24, 2.45) is 10.9 Å². The topological polar surface area (TPSA) is 12.4 Å². The van der Waals surface area contributed by atoms with E-state index in [1.807, 2.05) is 12.4 Å². The summed E-state index contributed by atoms with van der Waals surface area (Å²) in [4.78, 5) is 4.36. The molecule has 0 N–H and O–H groups in total. The highest BCUT2D eigenvalue weighted by Crippen LogP contribution is 2.44. The van der Waals surface area contributed by atoms with Gasteiger partial charge in [0.1, 0.15) is 0 Å². The molecule has 0 spiro atoms. The first kappa shape index (κ1) is 8.94. The Hall–Kier alpha value is -2.15. The molecule has 0 saturated carbocycles. The maximum Gasteiger partial charge on any atom is 0.0376 e. The Morgan fingerprint density at radius 1 is 1.06 bits per heavy atom. The molecule has 1 nitrogen and oxygen atoms in total. The van der Waals surface area contributed by atoms with Crippen LogP contribution in [0.4, 0.5) is 0 Å². The molecule has 1 heteroatoms. The number of allylic oxidation sites excluding steroid dienone is 6. The quantitative estimate of drug-likeness (QED) is 0.629. The van der Waals surface area contributed by atoms with Crippen molar-refractivity contribution in [2.45, 2.75) is 0 Å². The van der Waals surface area contributed by atoms with Crippen molar-refractivity contribution >= 4 is 17.9 Å². The molecular formula is C16H11N. The van der Waals surface area contributed by atoms with E-state index in [9.17, 15) is 0 Å². The largest absolute Gasteiger partial charge is 0.264 e. The minimum Gasteiger partial charge on any atom is -0.264 e. The minimum absolute atomic E-state index is 0.396. The Morgan fingerprint density at radius 2 is 2.00 bits per heavy atom. The van der Waals surface area contributed by atoms with Gasteiger partial charge in [-0.25, -0.2) is 0 Å². The van der Waals surface area contributed by atoms with Crippen LogP contribution in [0.3, 0.4) is 0 Å². The molecule has 1 aromatic rings. The molecule has 3 aliphatic rings. The lowest BCUT2D eigenvalue weighted by Crippen LogP contribution is -2.18. The molecule has 0 fully saturated rings. The fourth-order valence-corrected chi connectivity index (χ4v) is 2.83. The fraction of sp³-hybridized carbons (Fsp3) is 0.0625. The molecule has 1 aliphatic heterocycles. The summed E-state index contributed by atoms with van der Waals surface area (Å²) in [7, 11) is 0. The van der Waals surface area contributed by atoms with Crippen molar-refractivity contribution in [3.8, 4) is 0 Å². The second kappa shape index (κ2) is 3.17. The third kappa shape index (κ3) is 1.17. The van der Waals surface area contributed by atoms with E-state index < -0.39 is 0 Å². The van der Waals surface area contributed by atoms with Gasteiger partial charge in [-0.05, 0) is 27.8 Å². The van der Waals surface area contributed by atoms with Crippen LogP contribution in [0.2, 0.25) is 0 Å². The van der Waals surface area contributed by atoms with Gasteiger partial charge in [0.25, 0.3) is 0 Å². The minimum atomic E-state index is 0.396. The zero-order chi connectivity index (χ0) is 11.2. The SMILES string of the molecule is C1=CC2=Cc3ccccc3C3=CN=CC(=C1)C23. The van der Waals surface area contributed by atoms with Crippen molar-refractivity contribution in [1.82, 2.24) is 0 Å². The average molecular weight is 217 g/mol. The molecule has 17 heavy (non-hydrogen) atoms. The van der Waals surface area contributed by atoms with Crippen LogP contribution in [0, 0.1) is 5.92 Å². The summed E-state index contributed by atoms with van der Waals surface area (Å²) in [6, 6.07) is 8.54. The van der Waals surface area contributed by atoms with Crippen LogP contribution in [0.5, 0.6) is 0 Å². The second-order valence-electron chi connectivity index (χ2n) is 4.55. The highest BCUT2D eigenvalue weighted by Gasteiger charge is 2.30. The summed E-state index contributed by atoms with van der Waals surface area (Å²) < 4.78 is 0. The van der Waals surface area contributed by atoms with Crippen LogP contribution >= 0.6 is 0 Å². The number of hydrogen-bond donors (Lipinski definition) is 0. The molecule has 2 aliphatic carbocycles. The molecule has 0 radical (unpaired) electrons.